The molecule has 0 unspecified atom stereocenters. The molecule has 7 nitrogen and oxygen atoms in total. The first-order valence-electron chi connectivity index (χ1n) is 10.7. The van der Waals surface area contributed by atoms with E-state index in [1.165, 1.54) is 11.3 Å². The average Bonchev–Trinajstić information content (AvgIpc) is 3.20. The van der Waals surface area contributed by atoms with Crippen LogP contribution in [0.2, 0.25) is 5.02 Å². The summed E-state index contributed by atoms with van der Waals surface area (Å²) in [5.74, 6) is 2.03. The Hall–Kier alpha value is -3.23. The molecular formula is C24H22ClN5O2S. The van der Waals surface area contributed by atoms with Crippen LogP contribution in [0.15, 0.2) is 53.9 Å². The Balaban J connectivity index is 1.32. The second kappa shape index (κ2) is 9.33. The number of anilines is 2. The van der Waals surface area contributed by atoms with Crippen LogP contribution in [-0.2, 0) is 17.8 Å². The first-order chi connectivity index (χ1) is 16.1. The van der Waals surface area contributed by atoms with Crippen LogP contribution in [0.25, 0.3) is 11.0 Å². The van der Waals surface area contributed by atoms with Gasteiger partial charge in [0.15, 0.2) is 11.6 Å². The van der Waals surface area contributed by atoms with E-state index < -0.39 is 0 Å². The lowest BCUT2D eigenvalue weighted by molar-refractivity contribution is -0.118. The van der Waals surface area contributed by atoms with Gasteiger partial charge in [0.05, 0.1) is 23.1 Å². The maximum absolute atomic E-state index is 13.3. The van der Waals surface area contributed by atoms with Crippen molar-refractivity contribution >= 4 is 51.5 Å². The molecule has 0 N–H and O–H groups in total. The number of para-hydroxylation sites is 2. The van der Waals surface area contributed by atoms with Crippen LogP contribution in [0.1, 0.15) is 17.1 Å². The van der Waals surface area contributed by atoms with Crippen molar-refractivity contribution in [2.45, 2.75) is 19.4 Å². The summed E-state index contributed by atoms with van der Waals surface area (Å²) in [5.41, 5.74) is 2.33. The maximum Gasteiger partial charge on any atom is 0.234 e. The van der Waals surface area contributed by atoms with Crippen LogP contribution in [0.5, 0.6) is 5.75 Å². The molecular weight excluding hydrogens is 458 g/mol. The van der Waals surface area contributed by atoms with E-state index >= 15 is 0 Å². The van der Waals surface area contributed by atoms with Crippen LogP contribution < -0.4 is 14.5 Å². The molecule has 0 bridgehead atoms. The Labute approximate surface area is 200 Å². The minimum absolute atomic E-state index is 0.0356. The third-order valence-electron chi connectivity index (χ3n) is 5.44. The molecule has 5 rings (SSSR count). The van der Waals surface area contributed by atoms with Crippen LogP contribution in [-0.4, -0.2) is 41.0 Å². The molecule has 0 saturated heterocycles. The van der Waals surface area contributed by atoms with Gasteiger partial charge in [-0.1, -0.05) is 23.7 Å². The lowest BCUT2D eigenvalue weighted by Crippen LogP contribution is -2.33. The smallest absolute Gasteiger partial charge is 0.234 e. The van der Waals surface area contributed by atoms with Crippen molar-refractivity contribution in [1.82, 2.24) is 15.0 Å². The van der Waals surface area contributed by atoms with E-state index in [9.17, 15) is 4.79 Å². The number of aromatic nitrogens is 3. The zero-order valence-corrected chi connectivity index (χ0v) is 19.6. The number of ether oxygens (including phenoxy) is 1. The fourth-order valence-corrected chi connectivity index (χ4v) is 4.59. The molecule has 3 heterocycles. The number of nitrogens with zero attached hydrogens (tertiary/aromatic N) is 5. The number of carbonyl (C=O) groups is 1. The van der Waals surface area contributed by atoms with Crippen molar-refractivity contribution in [2.75, 3.05) is 29.9 Å². The summed E-state index contributed by atoms with van der Waals surface area (Å²) >= 11 is 7.39. The lowest BCUT2D eigenvalue weighted by Gasteiger charge is -2.22. The molecule has 0 fully saturated rings. The SMILES string of the molecule is CN1CCCN(C(=O)Cc2csc(COc3ccc(Cl)cc3)n2)c2nc3ccccc3nc21. The average molecular weight is 480 g/mol. The Morgan fingerprint density at radius 2 is 1.76 bits per heavy atom. The normalized spacial score (nSPS) is 13.6. The van der Waals surface area contributed by atoms with E-state index in [1.54, 1.807) is 17.0 Å². The number of carbonyl (C=O) groups excluding carboxylic acids is 1. The van der Waals surface area contributed by atoms with E-state index in [2.05, 4.69) is 9.88 Å². The third kappa shape index (κ3) is 4.77. The van der Waals surface area contributed by atoms with Crippen molar-refractivity contribution in [3.8, 4) is 5.75 Å². The van der Waals surface area contributed by atoms with Crippen molar-refractivity contribution in [3.05, 3.63) is 69.6 Å². The second-order valence-corrected chi connectivity index (χ2v) is 9.21. The molecule has 0 spiro atoms. The summed E-state index contributed by atoms with van der Waals surface area (Å²) in [4.78, 5) is 31.3. The molecule has 33 heavy (non-hydrogen) atoms. The second-order valence-electron chi connectivity index (χ2n) is 7.83. The topological polar surface area (TPSA) is 71.5 Å². The van der Waals surface area contributed by atoms with Gasteiger partial charge in [0.1, 0.15) is 17.4 Å². The fourth-order valence-electron chi connectivity index (χ4n) is 3.76. The molecule has 1 aliphatic rings. The van der Waals surface area contributed by atoms with E-state index in [0.29, 0.717) is 24.0 Å². The fraction of sp³-hybridized carbons (Fsp3) is 0.250. The van der Waals surface area contributed by atoms with Crippen molar-refractivity contribution in [1.29, 1.82) is 0 Å². The predicted molar refractivity (Wildman–Crippen MR) is 131 cm³/mol. The minimum atomic E-state index is -0.0356. The first kappa shape index (κ1) is 21.6. The van der Waals surface area contributed by atoms with E-state index in [0.717, 1.165) is 46.3 Å². The van der Waals surface area contributed by atoms with Crippen molar-refractivity contribution < 1.29 is 9.53 Å². The molecule has 1 amide bonds. The van der Waals surface area contributed by atoms with Gasteiger partial charge >= 0.3 is 0 Å². The van der Waals surface area contributed by atoms with E-state index in [4.69, 9.17) is 26.3 Å². The first-order valence-corrected chi connectivity index (χ1v) is 11.9. The highest BCUT2D eigenvalue weighted by atomic mass is 35.5. The number of hydrogen-bond acceptors (Lipinski definition) is 7. The maximum atomic E-state index is 13.3. The summed E-state index contributed by atoms with van der Waals surface area (Å²) in [7, 11) is 1.99. The van der Waals surface area contributed by atoms with Crippen molar-refractivity contribution in [2.24, 2.45) is 0 Å². The number of rotatable bonds is 5. The van der Waals surface area contributed by atoms with Gasteiger partial charge in [0, 0.05) is 30.5 Å². The lowest BCUT2D eigenvalue weighted by atomic mass is 10.2. The number of hydrogen-bond donors (Lipinski definition) is 0. The standard InChI is InChI=1S/C24H22ClN5O2S/c1-29-11-4-12-30(24-23(29)27-19-5-2-3-6-20(19)28-24)22(31)13-17-15-33-21(26-17)14-32-18-9-7-16(25)8-10-18/h2-3,5-10,15H,4,11-14H2,1H3. The Morgan fingerprint density at radius 3 is 2.52 bits per heavy atom. The van der Waals surface area contributed by atoms with Crippen LogP contribution in [0, 0.1) is 0 Å². The molecule has 9 heteroatoms. The summed E-state index contributed by atoms with van der Waals surface area (Å²) < 4.78 is 5.77. The summed E-state index contributed by atoms with van der Waals surface area (Å²) in [6, 6.07) is 14.9. The van der Waals surface area contributed by atoms with Gasteiger partial charge in [-0.15, -0.1) is 11.3 Å². The van der Waals surface area contributed by atoms with Crippen LogP contribution in [0.4, 0.5) is 11.6 Å². The Bertz CT molecular complexity index is 1290. The van der Waals surface area contributed by atoms with Gasteiger partial charge in [-0.05, 0) is 42.8 Å². The molecule has 0 aliphatic carbocycles. The number of amides is 1. The quantitative estimate of drug-likeness (QED) is 0.412. The predicted octanol–water partition coefficient (Wildman–Crippen LogP) is 4.73. The van der Waals surface area contributed by atoms with E-state index in [1.807, 2.05) is 48.8 Å². The van der Waals surface area contributed by atoms with Gasteiger partial charge in [-0.2, -0.15) is 0 Å². The molecule has 0 atom stereocenters. The molecule has 168 valence electrons. The molecule has 2 aromatic carbocycles. The largest absolute Gasteiger partial charge is 0.486 e. The summed E-state index contributed by atoms with van der Waals surface area (Å²) in [6.07, 6.45) is 1.04. The van der Waals surface area contributed by atoms with E-state index in [-0.39, 0.29) is 12.3 Å². The molecule has 4 aromatic rings. The van der Waals surface area contributed by atoms with Crippen LogP contribution in [0.3, 0.4) is 0 Å². The van der Waals surface area contributed by atoms with Gasteiger partial charge < -0.3 is 9.64 Å². The molecule has 2 aromatic heterocycles. The van der Waals surface area contributed by atoms with Gasteiger partial charge in [-0.3, -0.25) is 9.69 Å². The zero-order valence-electron chi connectivity index (χ0n) is 18.1. The highest BCUT2D eigenvalue weighted by Gasteiger charge is 2.27. The van der Waals surface area contributed by atoms with Crippen LogP contribution >= 0.6 is 22.9 Å². The number of thiazole rings is 1. The molecule has 0 radical (unpaired) electrons. The Morgan fingerprint density at radius 1 is 1.03 bits per heavy atom. The van der Waals surface area contributed by atoms with Crippen molar-refractivity contribution in [3.63, 3.8) is 0 Å². The Kier molecular flexibility index (Phi) is 6.11. The summed E-state index contributed by atoms with van der Waals surface area (Å²) in [6.45, 7) is 1.75. The van der Waals surface area contributed by atoms with Gasteiger partial charge in [-0.25, -0.2) is 15.0 Å². The number of benzene rings is 2. The number of halogens is 1. The monoisotopic (exact) mass is 479 g/mol. The third-order valence-corrected chi connectivity index (χ3v) is 6.56. The molecule has 1 aliphatic heterocycles. The highest BCUT2D eigenvalue weighted by molar-refractivity contribution is 7.09. The minimum Gasteiger partial charge on any atom is -0.486 e. The highest BCUT2D eigenvalue weighted by Crippen LogP contribution is 2.30. The molecule has 0 saturated carbocycles. The van der Waals surface area contributed by atoms with Gasteiger partial charge in [0.25, 0.3) is 0 Å². The summed E-state index contributed by atoms with van der Waals surface area (Å²) in [5, 5.41) is 3.39. The number of fused-ring (bicyclic) bond motifs is 2. The zero-order chi connectivity index (χ0) is 22.8. The van der Waals surface area contributed by atoms with Gasteiger partial charge in [0.2, 0.25) is 5.91 Å².